The van der Waals surface area contributed by atoms with E-state index < -0.39 is 17.8 Å². The summed E-state index contributed by atoms with van der Waals surface area (Å²) in [5.41, 5.74) is 0.566. The van der Waals surface area contributed by atoms with Gasteiger partial charge >= 0.3 is 6.18 Å². The molecule has 0 saturated heterocycles. The Balaban J connectivity index is 1.69. The van der Waals surface area contributed by atoms with E-state index in [2.05, 4.69) is 25.2 Å². The third-order valence-electron chi connectivity index (χ3n) is 3.72. The number of aromatic amines is 1. The molecule has 0 unspecified atom stereocenters. The second-order valence-electron chi connectivity index (χ2n) is 5.62. The lowest BCUT2D eigenvalue weighted by Gasteiger charge is -2.25. The average Bonchev–Trinajstić information content (AvgIpc) is 3.10. The minimum atomic E-state index is -4.58. The Bertz CT molecular complexity index is 753. The zero-order valence-electron chi connectivity index (χ0n) is 12.9. The molecule has 130 valence electrons. The van der Waals surface area contributed by atoms with Crippen molar-refractivity contribution >= 4 is 5.91 Å². The molecule has 0 spiro atoms. The first-order valence-electron chi connectivity index (χ1n) is 7.29. The Morgan fingerprint density at radius 3 is 2.88 bits per heavy atom. The van der Waals surface area contributed by atoms with Crippen LogP contribution in [0.15, 0.2) is 10.6 Å². The number of fused-ring (bicyclic) bond motifs is 1. The van der Waals surface area contributed by atoms with Crippen LogP contribution in [0.4, 0.5) is 13.2 Å². The highest BCUT2D eigenvalue weighted by Crippen LogP contribution is 2.30. The number of alkyl halides is 3. The molecule has 10 heteroatoms. The molecule has 7 nitrogen and oxygen atoms in total. The number of H-pyrrole nitrogens is 1. The summed E-state index contributed by atoms with van der Waals surface area (Å²) in [4.78, 5) is 12.2. The van der Waals surface area contributed by atoms with E-state index in [1.807, 2.05) is 13.8 Å². The number of nitrogens with one attached hydrogen (secondary N) is 2. The molecule has 1 aliphatic rings. The Labute approximate surface area is 134 Å². The first-order chi connectivity index (χ1) is 11.3. The van der Waals surface area contributed by atoms with Gasteiger partial charge in [-0.1, -0.05) is 5.16 Å². The molecule has 24 heavy (non-hydrogen) atoms. The van der Waals surface area contributed by atoms with E-state index >= 15 is 0 Å². The standard InChI is InChI=1S/C14H15F3N4O3/c1-6-3-9-11(7(2)23-6)19-20-12(9)13(22)18-5-8-4-10(21-24-8)14(15,16)17/h4,6-7H,3,5H2,1-2H3,(H,18,22)(H,19,20)/t6-,7+/m1/s1. The maximum absolute atomic E-state index is 12.4. The Morgan fingerprint density at radius 2 is 2.21 bits per heavy atom. The van der Waals surface area contributed by atoms with Crippen LogP contribution in [0.3, 0.4) is 0 Å². The Hall–Kier alpha value is -2.36. The maximum Gasteiger partial charge on any atom is 0.436 e. The predicted molar refractivity (Wildman–Crippen MR) is 73.9 cm³/mol. The molecule has 0 radical (unpaired) electrons. The number of hydrogen-bond acceptors (Lipinski definition) is 5. The maximum atomic E-state index is 12.4. The number of nitrogens with zero attached hydrogens (tertiary/aromatic N) is 2. The molecule has 0 aromatic carbocycles. The van der Waals surface area contributed by atoms with Crippen molar-refractivity contribution in [3.05, 3.63) is 34.5 Å². The second kappa shape index (κ2) is 5.93. The fourth-order valence-electron chi connectivity index (χ4n) is 2.64. The second-order valence-corrected chi connectivity index (χ2v) is 5.62. The van der Waals surface area contributed by atoms with E-state index in [4.69, 9.17) is 4.74 Å². The van der Waals surface area contributed by atoms with Crippen molar-refractivity contribution in [3.63, 3.8) is 0 Å². The minimum Gasteiger partial charge on any atom is -0.369 e. The number of rotatable bonds is 3. The molecule has 2 aromatic heterocycles. The highest BCUT2D eigenvalue weighted by atomic mass is 19.4. The molecule has 0 aliphatic carbocycles. The number of hydrogen-bond donors (Lipinski definition) is 2. The lowest BCUT2D eigenvalue weighted by atomic mass is 9.99. The fraction of sp³-hybridized carbons (Fsp3) is 0.500. The molecule has 3 heterocycles. The quantitative estimate of drug-likeness (QED) is 0.892. The average molecular weight is 344 g/mol. The van der Waals surface area contributed by atoms with E-state index in [1.54, 1.807) is 0 Å². The van der Waals surface area contributed by atoms with Crippen LogP contribution >= 0.6 is 0 Å². The molecular weight excluding hydrogens is 329 g/mol. The van der Waals surface area contributed by atoms with E-state index in [1.165, 1.54) is 0 Å². The third kappa shape index (κ3) is 3.14. The van der Waals surface area contributed by atoms with E-state index in [-0.39, 0.29) is 30.2 Å². The molecule has 3 rings (SSSR count). The number of amides is 1. The summed E-state index contributed by atoms with van der Waals surface area (Å²) in [6.07, 6.45) is -4.32. The number of aromatic nitrogens is 3. The lowest BCUT2D eigenvalue weighted by Crippen LogP contribution is -2.27. The van der Waals surface area contributed by atoms with Crippen LogP contribution < -0.4 is 5.32 Å². The first-order valence-corrected chi connectivity index (χ1v) is 7.29. The van der Waals surface area contributed by atoms with Crippen LogP contribution in [0.25, 0.3) is 0 Å². The van der Waals surface area contributed by atoms with Gasteiger partial charge in [-0.3, -0.25) is 9.89 Å². The summed E-state index contributed by atoms with van der Waals surface area (Å²) in [5.74, 6) is -0.594. The van der Waals surface area contributed by atoms with Crippen molar-refractivity contribution in [2.45, 2.75) is 45.2 Å². The van der Waals surface area contributed by atoms with Gasteiger partial charge in [-0.15, -0.1) is 0 Å². The van der Waals surface area contributed by atoms with Gasteiger partial charge in [0.2, 0.25) is 0 Å². The summed E-state index contributed by atoms with van der Waals surface area (Å²) in [6.45, 7) is 3.52. The van der Waals surface area contributed by atoms with E-state index in [0.717, 1.165) is 17.3 Å². The summed E-state index contributed by atoms with van der Waals surface area (Å²) in [6, 6.07) is 0.748. The number of halogens is 3. The van der Waals surface area contributed by atoms with E-state index in [9.17, 15) is 18.0 Å². The SMILES string of the molecule is C[C@@H]1Cc2c(C(=O)NCc3cc(C(F)(F)F)no3)n[nH]c2[C@H](C)O1. The van der Waals surface area contributed by atoms with E-state index in [0.29, 0.717) is 6.42 Å². The van der Waals surface area contributed by atoms with Crippen molar-refractivity contribution < 1.29 is 27.2 Å². The third-order valence-corrected chi connectivity index (χ3v) is 3.72. The smallest absolute Gasteiger partial charge is 0.369 e. The highest BCUT2D eigenvalue weighted by molar-refractivity contribution is 5.94. The predicted octanol–water partition coefficient (Wildman–Crippen LogP) is 2.37. The van der Waals surface area contributed by atoms with Gasteiger partial charge in [0.05, 0.1) is 24.4 Å². The van der Waals surface area contributed by atoms with Crippen LogP contribution in [-0.4, -0.2) is 27.4 Å². The highest BCUT2D eigenvalue weighted by Gasteiger charge is 2.35. The summed E-state index contributed by atoms with van der Waals surface area (Å²) < 4.78 is 47.6. The van der Waals surface area contributed by atoms with Gasteiger partial charge in [-0.2, -0.15) is 18.3 Å². The molecule has 1 aliphatic heterocycles. The number of carbonyl (C=O) groups is 1. The molecule has 2 N–H and O–H groups in total. The Kier molecular flexibility index (Phi) is 4.08. The monoisotopic (exact) mass is 344 g/mol. The largest absolute Gasteiger partial charge is 0.436 e. The molecule has 2 atom stereocenters. The van der Waals surface area contributed by atoms with Crippen LogP contribution in [0.2, 0.25) is 0 Å². The molecule has 2 aromatic rings. The van der Waals surface area contributed by atoms with Crippen molar-refractivity contribution in [1.29, 1.82) is 0 Å². The lowest BCUT2D eigenvalue weighted by molar-refractivity contribution is -0.142. The van der Waals surface area contributed by atoms with Crippen molar-refractivity contribution in [1.82, 2.24) is 20.7 Å². The van der Waals surface area contributed by atoms with Gasteiger partial charge in [0.25, 0.3) is 5.91 Å². The van der Waals surface area contributed by atoms with Crippen LogP contribution in [0.1, 0.15) is 53.2 Å². The topological polar surface area (TPSA) is 93.0 Å². The molecule has 1 amide bonds. The van der Waals surface area contributed by atoms with Gasteiger partial charge < -0.3 is 14.6 Å². The van der Waals surface area contributed by atoms with Gasteiger partial charge in [0, 0.05) is 18.1 Å². The molecule has 0 bridgehead atoms. The molecule has 0 saturated carbocycles. The number of carbonyl (C=O) groups excluding carboxylic acids is 1. The Morgan fingerprint density at radius 1 is 1.46 bits per heavy atom. The van der Waals surface area contributed by atoms with Crippen LogP contribution in [0, 0.1) is 0 Å². The molecular formula is C14H15F3N4O3. The van der Waals surface area contributed by atoms with Gasteiger partial charge in [-0.25, -0.2) is 0 Å². The molecule has 0 fully saturated rings. The first kappa shape index (κ1) is 16.5. The summed E-state index contributed by atoms with van der Waals surface area (Å²) >= 11 is 0. The van der Waals surface area contributed by atoms with Crippen molar-refractivity contribution in [2.75, 3.05) is 0 Å². The fourth-order valence-corrected chi connectivity index (χ4v) is 2.64. The minimum absolute atomic E-state index is 0.0553. The zero-order valence-corrected chi connectivity index (χ0v) is 12.9. The normalized spacial score (nSPS) is 20.7. The van der Waals surface area contributed by atoms with Gasteiger partial charge in [-0.05, 0) is 13.8 Å². The van der Waals surface area contributed by atoms with Crippen molar-refractivity contribution in [3.8, 4) is 0 Å². The van der Waals surface area contributed by atoms with Gasteiger partial charge in [0.15, 0.2) is 17.1 Å². The van der Waals surface area contributed by atoms with Crippen molar-refractivity contribution in [2.24, 2.45) is 0 Å². The summed E-state index contributed by atoms with van der Waals surface area (Å²) in [5, 5.41) is 12.2. The zero-order chi connectivity index (χ0) is 17.5. The van der Waals surface area contributed by atoms with Crippen LogP contribution in [-0.2, 0) is 23.9 Å². The van der Waals surface area contributed by atoms with Crippen LogP contribution in [0.5, 0.6) is 0 Å². The van der Waals surface area contributed by atoms with Gasteiger partial charge in [0.1, 0.15) is 0 Å². The summed E-state index contributed by atoms with van der Waals surface area (Å²) in [7, 11) is 0. The number of ether oxygens (including phenoxy) is 1.